The number of benzene rings is 2. The second-order valence-electron chi connectivity index (χ2n) is 7.42. The SMILES string of the molecule is CCN(CC)c1ccc(Nc2nc(C)cc(N3CCCc4ccccc43)n2)cc1. The molecule has 1 aromatic heterocycles. The van der Waals surface area contributed by atoms with E-state index in [1.807, 2.05) is 6.92 Å². The van der Waals surface area contributed by atoms with E-state index in [4.69, 9.17) is 4.98 Å². The van der Waals surface area contributed by atoms with Crippen molar-refractivity contribution in [3.05, 3.63) is 65.9 Å². The quantitative estimate of drug-likeness (QED) is 0.608. The lowest BCUT2D eigenvalue weighted by Crippen LogP contribution is -2.25. The molecule has 0 unspecified atom stereocenters. The van der Waals surface area contributed by atoms with Crippen molar-refractivity contribution in [1.29, 1.82) is 0 Å². The molecule has 0 spiro atoms. The summed E-state index contributed by atoms with van der Waals surface area (Å²) in [6, 6.07) is 19.2. The summed E-state index contributed by atoms with van der Waals surface area (Å²) in [4.78, 5) is 14.1. The zero-order chi connectivity index (χ0) is 20.2. The van der Waals surface area contributed by atoms with Crippen LogP contribution in [0, 0.1) is 6.92 Å². The lowest BCUT2D eigenvalue weighted by molar-refractivity contribution is 0.758. The van der Waals surface area contributed by atoms with E-state index in [-0.39, 0.29) is 0 Å². The number of nitrogens with one attached hydrogen (secondary N) is 1. The van der Waals surface area contributed by atoms with E-state index < -0.39 is 0 Å². The lowest BCUT2D eigenvalue weighted by Gasteiger charge is -2.30. The van der Waals surface area contributed by atoms with Gasteiger partial charge < -0.3 is 15.1 Å². The zero-order valence-corrected chi connectivity index (χ0v) is 17.5. The molecule has 0 amide bonds. The first-order valence-corrected chi connectivity index (χ1v) is 10.5. The summed E-state index contributed by atoms with van der Waals surface area (Å²) in [6.07, 6.45) is 2.26. The molecule has 1 aliphatic rings. The maximum Gasteiger partial charge on any atom is 0.229 e. The molecule has 2 heterocycles. The summed E-state index contributed by atoms with van der Waals surface area (Å²) < 4.78 is 0. The monoisotopic (exact) mass is 387 g/mol. The van der Waals surface area contributed by atoms with Gasteiger partial charge in [-0.2, -0.15) is 4.98 Å². The first-order valence-electron chi connectivity index (χ1n) is 10.5. The molecule has 2 aromatic carbocycles. The van der Waals surface area contributed by atoms with Crippen molar-refractivity contribution in [3.8, 4) is 0 Å². The molecule has 1 aliphatic heterocycles. The highest BCUT2D eigenvalue weighted by Crippen LogP contribution is 2.33. The summed E-state index contributed by atoms with van der Waals surface area (Å²) in [6.45, 7) is 9.37. The van der Waals surface area contributed by atoms with Crippen LogP contribution in [-0.4, -0.2) is 29.6 Å². The van der Waals surface area contributed by atoms with E-state index in [0.717, 1.165) is 49.7 Å². The van der Waals surface area contributed by atoms with Crippen LogP contribution in [0.2, 0.25) is 0 Å². The van der Waals surface area contributed by atoms with Crippen LogP contribution < -0.4 is 15.1 Å². The van der Waals surface area contributed by atoms with Crippen molar-refractivity contribution in [2.24, 2.45) is 0 Å². The Morgan fingerprint density at radius 3 is 2.52 bits per heavy atom. The molecule has 1 N–H and O–H groups in total. The van der Waals surface area contributed by atoms with Gasteiger partial charge in [0, 0.05) is 48.5 Å². The number of aryl methyl sites for hydroxylation is 2. The average molecular weight is 388 g/mol. The summed E-state index contributed by atoms with van der Waals surface area (Å²) >= 11 is 0. The highest BCUT2D eigenvalue weighted by molar-refractivity contribution is 5.67. The predicted octanol–water partition coefficient (Wildman–Crippen LogP) is 5.46. The van der Waals surface area contributed by atoms with Crippen molar-refractivity contribution in [1.82, 2.24) is 9.97 Å². The van der Waals surface area contributed by atoms with Crippen LogP contribution in [-0.2, 0) is 6.42 Å². The van der Waals surface area contributed by atoms with Crippen LogP contribution in [0.3, 0.4) is 0 Å². The fourth-order valence-corrected chi connectivity index (χ4v) is 3.99. The van der Waals surface area contributed by atoms with Gasteiger partial charge >= 0.3 is 0 Å². The minimum Gasteiger partial charge on any atom is -0.372 e. The molecule has 0 fully saturated rings. The molecule has 5 heteroatoms. The number of para-hydroxylation sites is 1. The normalized spacial score (nSPS) is 13.1. The summed E-state index contributed by atoms with van der Waals surface area (Å²) in [5.41, 5.74) is 5.83. The third-order valence-corrected chi connectivity index (χ3v) is 5.48. The summed E-state index contributed by atoms with van der Waals surface area (Å²) in [5.74, 6) is 1.59. The standard InChI is InChI=1S/C24H29N5/c1-4-28(5-2)21-14-12-20(13-15-21)26-24-25-18(3)17-23(27-24)29-16-8-10-19-9-6-7-11-22(19)29/h6-7,9,11-15,17H,4-5,8,10,16H2,1-3H3,(H,25,26,27). The third-order valence-electron chi connectivity index (χ3n) is 5.48. The van der Waals surface area contributed by atoms with Crippen molar-refractivity contribution in [2.45, 2.75) is 33.6 Å². The van der Waals surface area contributed by atoms with Gasteiger partial charge in [0.2, 0.25) is 5.95 Å². The second-order valence-corrected chi connectivity index (χ2v) is 7.42. The largest absolute Gasteiger partial charge is 0.372 e. The zero-order valence-electron chi connectivity index (χ0n) is 17.5. The second kappa shape index (κ2) is 8.52. The first-order chi connectivity index (χ1) is 14.2. The van der Waals surface area contributed by atoms with E-state index >= 15 is 0 Å². The molecule has 5 nitrogen and oxygen atoms in total. The number of hydrogen-bond donors (Lipinski definition) is 1. The maximum atomic E-state index is 4.83. The van der Waals surface area contributed by atoms with Crippen LogP contribution in [0.25, 0.3) is 0 Å². The highest BCUT2D eigenvalue weighted by atomic mass is 15.2. The number of anilines is 5. The Labute approximate surface area is 173 Å². The Kier molecular flexibility index (Phi) is 5.65. The summed E-state index contributed by atoms with van der Waals surface area (Å²) in [7, 11) is 0. The van der Waals surface area contributed by atoms with Crippen LogP contribution in [0.4, 0.5) is 28.8 Å². The van der Waals surface area contributed by atoms with Crippen molar-refractivity contribution in [3.63, 3.8) is 0 Å². The van der Waals surface area contributed by atoms with Crippen molar-refractivity contribution in [2.75, 3.05) is 34.8 Å². The fraction of sp³-hybridized carbons (Fsp3) is 0.333. The lowest BCUT2D eigenvalue weighted by atomic mass is 10.0. The molecule has 29 heavy (non-hydrogen) atoms. The van der Waals surface area contributed by atoms with Crippen molar-refractivity contribution < 1.29 is 0 Å². The van der Waals surface area contributed by atoms with Gasteiger partial charge in [-0.05, 0) is 69.5 Å². The van der Waals surface area contributed by atoms with Gasteiger partial charge in [-0.3, -0.25) is 0 Å². The van der Waals surface area contributed by atoms with Gasteiger partial charge in [-0.25, -0.2) is 4.98 Å². The molecule has 4 rings (SSSR count). The molecule has 150 valence electrons. The van der Waals surface area contributed by atoms with Crippen molar-refractivity contribution >= 4 is 28.8 Å². The van der Waals surface area contributed by atoms with Gasteiger partial charge in [0.05, 0.1) is 0 Å². The minimum atomic E-state index is 0.638. The van der Waals surface area contributed by atoms with Crippen LogP contribution in [0.15, 0.2) is 54.6 Å². The Morgan fingerprint density at radius 1 is 1.00 bits per heavy atom. The number of rotatable bonds is 6. The van der Waals surface area contributed by atoms with E-state index in [9.17, 15) is 0 Å². The van der Waals surface area contributed by atoms with E-state index in [2.05, 4.69) is 88.5 Å². The van der Waals surface area contributed by atoms with Gasteiger partial charge in [-0.1, -0.05) is 18.2 Å². The maximum absolute atomic E-state index is 4.83. The van der Waals surface area contributed by atoms with E-state index in [1.165, 1.54) is 16.9 Å². The third kappa shape index (κ3) is 4.19. The minimum absolute atomic E-state index is 0.638. The molecule has 0 bridgehead atoms. The molecule has 0 atom stereocenters. The molecular weight excluding hydrogens is 358 g/mol. The van der Waals surface area contributed by atoms with Crippen LogP contribution >= 0.6 is 0 Å². The van der Waals surface area contributed by atoms with Crippen LogP contribution in [0.5, 0.6) is 0 Å². The molecule has 0 aliphatic carbocycles. The molecule has 0 saturated carbocycles. The molecular formula is C24H29N5. The topological polar surface area (TPSA) is 44.3 Å². The van der Waals surface area contributed by atoms with E-state index in [1.54, 1.807) is 0 Å². The highest BCUT2D eigenvalue weighted by Gasteiger charge is 2.19. The number of nitrogens with zero attached hydrogens (tertiary/aromatic N) is 4. The molecule has 3 aromatic rings. The van der Waals surface area contributed by atoms with E-state index in [0.29, 0.717) is 5.95 Å². The summed E-state index contributed by atoms with van der Waals surface area (Å²) in [5, 5.41) is 3.38. The van der Waals surface area contributed by atoms with Gasteiger partial charge in [0.1, 0.15) is 5.82 Å². The first kappa shape index (κ1) is 19.2. The Bertz CT molecular complexity index is 963. The average Bonchev–Trinajstić information content (AvgIpc) is 2.75. The Hall–Kier alpha value is -3.08. The van der Waals surface area contributed by atoms with Gasteiger partial charge in [0.25, 0.3) is 0 Å². The Balaban J connectivity index is 1.58. The predicted molar refractivity (Wildman–Crippen MR) is 122 cm³/mol. The smallest absolute Gasteiger partial charge is 0.229 e. The number of fused-ring (bicyclic) bond motifs is 1. The number of aromatic nitrogens is 2. The van der Waals surface area contributed by atoms with Gasteiger partial charge in [0.15, 0.2) is 0 Å². The molecule has 0 saturated heterocycles. The fourth-order valence-electron chi connectivity index (χ4n) is 3.99. The van der Waals surface area contributed by atoms with Gasteiger partial charge in [-0.15, -0.1) is 0 Å². The number of hydrogen-bond acceptors (Lipinski definition) is 5. The van der Waals surface area contributed by atoms with Crippen LogP contribution in [0.1, 0.15) is 31.5 Å². The molecule has 0 radical (unpaired) electrons. The Morgan fingerprint density at radius 2 is 1.76 bits per heavy atom.